The van der Waals surface area contributed by atoms with Crippen LogP contribution in [-0.4, -0.2) is 34.2 Å². The van der Waals surface area contributed by atoms with Crippen LogP contribution in [0.3, 0.4) is 0 Å². The van der Waals surface area contributed by atoms with Crippen LogP contribution < -0.4 is 0 Å². The number of halogens is 2. The number of aliphatic hydroxyl groups is 1. The van der Waals surface area contributed by atoms with Crippen molar-refractivity contribution in [3.8, 4) is 0 Å². The summed E-state index contributed by atoms with van der Waals surface area (Å²) in [4.78, 5) is 2.44. The lowest BCUT2D eigenvalue weighted by Gasteiger charge is -2.24. The number of rotatable bonds is 3. The molecule has 1 saturated carbocycles. The van der Waals surface area contributed by atoms with Crippen molar-refractivity contribution in [1.29, 1.82) is 0 Å². The van der Waals surface area contributed by atoms with Crippen molar-refractivity contribution in [2.45, 2.75) is 50.3 Å². The molecule has 104 valence electrons. The lowest BCUT2D eigenvalue weighted by atomic mass is 9.92. The Morgan fingerprint density at radius 1 is 1.37 bits per heavy atom. The van der Waals surface area contributed by atoms with Gasteiger partial charge in [0.2, 0.25) is 0 Å². The molecule has 0 aromatic heterocycles. The van der Waals surface area contributed by atoms with Crippen molar-refractivity contribution < 1.29 is 5.11 Å². The zero-order chi connectivity index (χ0) is 13.6. The molecule has 19 heavy (non-hydrogen) atoms. The quantitative estimate of drug-likeness (QED) is 0.923. The fourth-order valence-electron chi connectivity index (χ4n) is 3.29. The summed E-state index contributed by atoms with van der Waals surface area (Å²) in [5, 5.41) is 12.0. The van der Waals surface area contributed by atoms with E-state index in [-0.39, 0.29) is 0 Å². The average molecular weight is 300 g/mol. The van der Waals surface area contributed by atoms with Gasteiger partial charge in [-0.05, 0) is 37.8 Å². The van der Waals surface area contributed by atoms with Gasteiger partial charge in [0.05, 0.1) is 15.6 Å². The van der Waals surface area contributed by atoms with Gasteiger partial charge in [-0.1, -0.05) is 35.3 Å². The normalized spacial score (nSPS) is 31.9. The summed E-state index contributed by atoms with van der Waals surface area (Å²) in [6.45, 7) is 2.96. The maximum Gasteiger partial charge on any atom is 0.0829 e. The fraction of sp³-hybridized carbons (Fsp3) is 0.600. The molecule has 1 aromatic carbocycles. The first-order chi connectivity index (χ1) is 8.98. The Balaban J connectivity index is 1.77. The molecule has 0 bridgehead atoms. The van der Waals surface area contributed by atoms with Crippen molar-refractivity contribution in [1.82, 2.24) is 4.90 Å². The highest BCUT2D eigenvalue weighted by Gasteiger charge is 2.46. The lowest BCUT2D eigenvalue weighted by molar-refractivity contribution is 0.0487. The molecule has 2 nitrogen and oxygen atoms in total. The van der Waals surface area contributed by atoms with Crippen LogP contribution in [0.4, 0.5) is 0 Å². The number of nitrogens with zero attached hydrogens (tertiary/aromatic N) is 1. The van der Waals surface area contributed by atoms with Crippen LogP contribution in [0.5, 0.6) is 0 Å². The fourth-order valence-corrected chi connectivity index (χ4v) is 3.68. The number of hydrogen-bond acceptors (Lipinski definition) is 2. The molecule has 2 fully saturated rings. The molecule has 2 aliphatic rings. The third-order valence-electron chi connectivity index (χ3n) is 4.29. The first-order valence-electron chi connectivity index (χ1n) is 6.89. The summed E-state index contributed by atoms with van der Waals surface area (Å²) < 4.78 is 0. The number of benzene rings is 1. The zero-order valence-electron chi connectivity index (χ0n) is 11.1. The summed E-state index contributed by atoms with van der Waals surface area (Å²) in [5.74, 6) is 0. The van der Waals surface area contributed by atoms with Gasteiger partial charge in [-0.3, -0.25) is 4.90 Å². The van der Waals surface area contributed by atoms with E-state index in [1.807, 2.05) is 12.1 Å². The summed E-state index contributed by atoms with van der Waals surface area (Å²) >= 11 is 12.3. The Kier molecular flexibility index (Phi) is 3.55. The average Bonchev–Trinajstić information content (AvgIpc) is 3.12. The van der Waals surface area contributed by atoms with Gasteiger partial charge in [0.15, 0.2) is 0 Å². The van der Waals surface area contributed by atoms with Crippen LogP contribution in [0.15, 0.2) is 18.2 Å². The van der Waals surface area contributed by atoms with Crippen molar-refractivity contribution >= 4 is 23.2 Å². The summed E-state index contributed by atoms with van der Waals surface area (Å²) in [6, 6.07) is 6.78. The second-order valence-corrected chi connectivity index (χ2v) is 6.86. The van der Waals surface area contributed by atoms with E-state index >= 15 is 0 Å². The molecule has 1 heterocycles. The van der Waals surface area contributed by atoms with E-state index in [1.165, 1.54) is 12.8 Å². The molecule has 0 radical (unpaired) electrons. The summed E-state index contributed by atoms with van der Waals surface area (Å²) in [5.41, 5.74) is 0.276. The number of likely N-dealkylation sites (tertiary alicyclic amines) is 1. The molecule has 1 aliphatic heterocycles. The Labute approximate surface area is 124 Å². The minimum atomic E-state index is -0.670. The van der Waals surface area contributed by atoms with Gasteiger partial charge in [-0.15, -0.1) is 0 Å². The second-order valence-electron chi connectivity index (χ2n) is 6.07. The van der Waals surface area contributed by atoms with E-state index < -0.39 is 5.60 Å². The van der Waals surface area contributed by atoms with E-state index in [2.05, 4.69) is 11.8 Å². The summed E-state index contributed by atoms with van der Waals surface area (Å²) in [6.07, 6.45) is 3.95. The van der Waals surface area contributed by atoms with Crippen LogP contribution in [0, 0.1) is 0 Å². The van der Waals surface area contributed by atoms with Crippen LogP contribution in [0.2, 0.25) is 10.0 Å². The highest BCUT2D eigenvalue weighted by molar-refractivity contribution is 6.42. The SMILES string of the molecule is CC1CC(O)(Cc2cccc(Cl)c2Cl)CN1C1CC1. The molecule has 3 rings (SSSR count). The van der Waals surface area contributed by atoms with Gasteiger partial charge in [-0.25, -0.2) is 0 Å². The first kappa shape index (κ1) is 13.7. The topological polar surface area (TPSA) is 23.5 Å². The standard InChI is InChI=1S/C15H19Cl2NO/c1-10-7-15(19,9-18(10)12-5-6-12)8-11-3-2-4-13(16)14(11)17/h2-4,10,12,19H,5-9H2,1H3. The van der Waals surface area contributed by atoms with Gasteiger partial charge in [-0.2, -0.15) is 0 Å². The van der Waals surface area contributed by atoms with Crippen LogP contribution in [-0.2, 0) is 6.42 Å². The van der Waals surface area contributed by atoms with Gasteiger partial charge in [0.1, 0.15) is 0 Å². The molecule has 0 spiro atoms. The van der Waals surface area contributed by atoms with E-state index in [0.717, 1.165) is 18.5 Å². The molecule has 1 aliphatic carbocycles. The smallest absolute Gasteiger partial charge is 0.0829 e. The highest BCUT2D eigenvalue weighted by Crippen LogP contribution is 2.39. The molecule has 1 N–H and O–H groups in total. The summed E-state index contributed by atoms with van der Waals surface area (Å²) in [7, 11) is 0. The largest absolute Gasteiger partial charge is 0.388 e. The van der Waals surface area contributed by atoms with Gasteiger partial charge in [0.25, 0.3) is 0 Å². The maximum absolute atomic E-state index is 10.8. The Bertz CT molecular complexity index is 489. The van der Waals surface area contributed by atoms with Crippen molar-refractivity contribution in [3.63, 3.8) is 0 Å². The molecular formula is C15H19Cl2NO. The Morgan fingerprint density at radius 2 is 2.11 bits per heavy atom. The van der Waals surface area contributed by atoms with E-state index in [4.69, 9.17) is 23.2 Å². The van der Waals surface area contributed by atoms with E-state index in [9.17, 15) is 5.11 Å². The van der Waals surface area contributed by atoms with E-state index in [0.29, 0.717) is 28.5 Å². The third kappa shape index (κ3) is 2.78. The maximum atomic E-state index is 10.8. The first-order valence-corrected chi connectivity index (χ1v) is 7.65. The Hall–Kier alpha value is -0.280. The predicted octanol–water partition coefficient (Wildman–Crippen LogP) is 3.52. The predicted molar refractivity (Wildman–Crippen MR) is 78.9 cm³/mol. The van der Waals surface area contributed by atoms with E-state index in [1.54, 1.807) is 6.07 Å². The van der Waals surface area contributed by atoms with Gasteiger partial charge < -0.3 is 5.11 Å². The molecule has 1 aromatic rings. The molecule has 0 amide bonds. The molecule has 2 unspecified atom stereocenters. The van der Waals surface area contributed by atoms with Crippen molar-refractivity contribution in [3.05, 3.63) is 33.8 Å². The minimum absolute atomic E-state index is 0.454. The third-order valence-corrected chi connectivity index (χ3v) is 5.14. The minimum Gasteiger partial charge on any atom is -0.388 e. The van der Waals surface area contributed by atoms with Gasteiger partial charge >= 0.3 is 0 Å². The Morgan fingerprint density at radius 3 is 2.79 bits per heavy atom. The number of hydrogen-bond donors (Lipinski definition) is 1. The molecule has 4 heteroatoms. The molecule has 1 saturated heterocycles. The zero-order valence-corrected chi connectivity index (χ0v) is 12.6. The van der Waals surface area contributed by atoms with Crippen LogP contribution in [0.1, 0.15) is 31.7 Å². The van der Waals surface area contributed by atoms with Crippen molar-refractivity contribution in [2.75, 3.05) is 6.54 Å². The van der Waals surface area contributed by atoms with Crippen LogP contribution >= 0.6 is 23.2 Å². The monoisotopic (exact) mass is 299 g/mol. The second kappa shape index (κ2) is 4.92. The molecular weight excluding hydrogens is 281 g/mol. The lowest BCUT2D eigenvalue weighted by Crippen LogP contribution is -2.36. The number of β-amino-alcohol motifs (C(OH)–C–C–N with tert-alkyl or cyclic N) is 1. The van der Waals surface area contributed by atoms with Gasteiger partial charge in [0, 0.05) is 25.0 Å². The van der Waals surface area contributed by atoms with Crippen LogP contribution in [0.25, 0.3) is 0 Å². The molecule has 2 atom stereocenters. The highest BCUT2D eigenvalue weighted by atomic mass is 35.5. The van der Waals surface area contributed by atoms with Crippen molar-refractivity contribution in [2.24, 2.45) is 0 Å².